The van der Waals surface area contributed by atoms with Gasteiger partial charge in [-0.15, -0.1) is 0 Å². The Labute approximate surface area is 211 Å². The molecule has 0 saturated heterocycles. The summed E-state index contributed by atoms with van der Waals surface area (Å²) in [6, 6.07) is 20.3. The Hall–Kier alpha value is -3.61. The summed E-state index contributed by atoms with van der Waals surface area (Å²) in [5.41, 5.74) is 1.03. The fourth-order valence-electron chi connectivity index (χ4n) is 3.15. The molecule has 0 unspecified atom stereocenters. The van der Waals surface area contributed by atoms with Crippen LogP contribution in [0.2, 0.25) is 0 Å². The van der Waals surface area contributed by atoms with E-state index in [1.54, 1.807) is 54.6 Å². The first-order valence-electron chi connectivity index (χ1n) is 10.9. The van der Waals surface area contributed by atoms with Crippen molar-refractivity contribution in [3.05, 3.63) is 78.9 Å². The van der Waals surface area contributed by atoms with Gasteiger partial charge in [-0.1, -0.05) is 18.2 Å². The van der Waals surface area contributed by atoms with Gasteiger partial charge in [-0.2, -0.15) is 12.7 Å². The van der Waals surface area contributed by atoms with Gasteiger partial charge in [-0.05, 0) is 67.6 Å². The molecule has 0 saturated carbocycles. The minimum Gasteiger partial charge on any atom is -0.494 e. The third kappa shape index (κ3) is 6.74. The van der Waals surface area contributed by atoms with Crippen molar-refractivity contribution in [3.8, 4) is 5.75 Å². The van der Waals surface area contributed by atoms with Crippen molar-refractivity contribution in [3.63, 3.8) is 0 Å². The van der Waals surface area contributed by atoms with Crippen molar-refractivity contribution in [2.24, 2.45) is 0 Å². The molecule has 0 fully saturated rings. The van der Waals surface area contributed by atoms with Gasteiger partial charge < -0.3 is 10.1 Å². The lowest BCUT2D eigenvalue weighted by molar-refractivity contribution is -0.114. The fourth-order valence-corrected chi connectivity index (χ4v) is 5.27. The van der Waals surface area contributed by atoms with E-state index in [2.05, 4.69) is 10.0 Å². The van der Waals surface area contributed by atoms with Crippen LogP contribution in [0.1, 0.15) is 6.92 Å². The molecular formula is C24H28N4O6S2. The zero-order valence-electron chi connectivity index (χ0n) is 20.1. The number of amides is 1. The fraction of sp³-hybridized carbons (Fsp3) is 0.208. The number of nitrogens with zero attached hydrogens (tertiary/aromatic N) is 2. The lowest BCUT2D eigenvalue weighted by Gasteiger charge is -2.26. The van der Waals surface area contributed by atoms with Crippen LogP contribution in [0, 0.1) is 0 Å². The van der Waals surface area contributed by atoms with Crippen LogP contribution in [0.5, 0.6) is 5.75 Å². The summed E-state index contributed by atoms with van der Waals surface area (Å²) in [6.07, 6.45) is 0. The molecular weight excluding hydrogens is 504 g/mol. The number of carbonyl (C=O) groups excluding carboxylic acids is 1. The van der Waals surface area contributed by atoms with Gasteiger partial charge >= 0.3 is 10.2 Å². The van der Waals surface area contributed by atoms with E-state index in [0.717, 1.165) is 8.61 Å². The maximum Gasteiger partial charge on any atom is 0.304 e. The summed E-state index contributed by atoms with van der Waals surface area (Å²) < 4.78 is 60.8. The second-order valence-electron chi connectivity index (χ2n) is 7.77. The van der Waals surface area contributed by atoms with Crippen LogP contribution in [0.3, 0.4) is 0 Å². The van der Waals surface area contributed by atoms with E-state index in [-0.39, 0.29) is 4.90 Å². The first kappa shape index (κ1) is 27.0. The number of hydrogen-bond acceptors (Lipinski definition) is 6. The van der Waals surface area contributed by atoms with Crippen LogP contribution in [0.25, 0.3) is 0 Å². The molecule has 0 aliphatic rings. The molecule has 2 N–H and O–H groups in total. The molecule has 0 aromatic heterocycles. The van der Waals surface area contributed by atoms with E-state index in [4.69, 9.17) is 4.74 Å². The average Bonchev–Trinajstić information content (AvgIpc) is 2.84. The van der Waals surface area contributed by atoms with Crippen molar-refractivity contribution in [2.75, 3.05) is 41.6 Å². The Balaban J connectivity index is 1.70. The highest BCUT2D eigenvalue weighted by molar-refractivity contribution is 7.92. The predicted molar refractivity (Wildman–Crippen MR) is 140 cm³/mol. The van der Waals surface area contributed by atoms with Gasteiger partial charge in [0.25, 0.3) is 10.0 Å². The lowest BCUT2D eigenvalue weighted by Crippen LogP contribution is -2.44. The van der Waals surface area contributed by atoms with Crippen LogP contribution in [0.15, 0.2) is 83.8 Å². The maximum absolute atomic E-state index is 12.8. The van der Waals surface area contributed by atoms with E-state index >= 15 is 0 Å². The largest absolute Gasteiger partial charge is 0.494 e. The second-order valence-corrected chi connectivity index (χ2v) is 11.5. The quantitative estimate of drug-likeness (QED) is 0.391. The van der Waals surface area contributed by atoms with E-state index < -0.39 is 32.7 Å². The molecule has 36 heavy (non-hydrogen) atoms. The average molecular weight is 533 g/mol. The number of ether oxygens (including phenoxy) is 1. The van der Waals surface area contributed by atoms with Gasteiger partial charge in [0.15, 0.2) is 0 Å². The third-order valence-electron chi connectivity index (χ3n) is 4.94. The summed E-state index contributed by atoms with van der Waals surface area (Å²) in [5, 5.41) is 2.61. The lowest BCUT2D eigenvalue weighted by atomic mass is 10.3. The van der Waals surface area contributed by atoms with Gasteiger partial charge in [0, 0.05) is 25.5 Å². The van der Waals surface area contributed by atoms with Crippen molar-refractivity contribution < 1.29 is 26.4 Å². The number of nitrogens with one attached hydrogen (secondary N) is 2. The standard InChI is InChI=1S/C24H28N4O6S2/c1-4-34-22-14-10-20(11-15-22)26-35(30,31)23-16-12-19(13-17-23)25-24(29)18-28(36(32,33)27(2)3)21-8-6-5-7-9-21/h5-17,26H,4,18H2,1-3H3,(H,25,29). The van der Waals surface area contributed by atoms with E-state index in [9.17, 15) is 21.6 Å². The van der Waals surface area contributed by atoms with Crippen LogP contribution in [-0.4, -0.2) is 54.3 Å². The Morgan fingerprint density at radius 2 is 1.42 bits per heavy atom. The molecule has 0 aliphatic heterocycles. The topological polar surface area (TPSA) is 125 Å². The van der Waals surface area contributed by atoms with Crippen molar-refractivity contribution in [2.45, 2.75) is 11.8 Å². The Kier molecular flexibility index (Phi) is 8.56. The van der Waals surface area contributed by atoms with Gasteiger partial charge in [-0.3, -0.25) is 9.52 Å². The summed E-state index contributed by atoms with van der Waals surface area (Å²) in [6.45, 7) is 1.89. The van der Waals surface area contributed by atoms with Crippen LogP contribution >= 0.6 is 0 Å². The summed E-state index contributed by atoms with van der Waals surface area (Å²) in [7, 11) is -5.04. The van der Waals surface area contributed by atoms with E-state index in [1.807, 2.05) is 6.92 Å². The van der Waals surface area contributed by atoms with Crippen molar-refractivity contribution >= 4 is 43.2 Å². The Bertz CT molecular complexity index is 1380. The highest BCUT2D eigenvalue weighted by Crippen LogP contribution is 2.22. The van der Waals surface area contributed by atoms with Gasteiger partial charge in [0.2, 0.25) is 5.91 Å². The van der Waals surface area contributed by atoms with Gasteiger partial charge in [0.1, 0.15) is 12.3 Å². The predicted octanol–water partition coefficient (Wildman–Crippen LogP) is 3.14. The zero-order valence-corrected chi connectivity index (χ0v) is 21.7. The number of anilines is 3. The first-order chi connectivity index (χ1) is 17.0. The Morgan fingerprint density at radius 1 is 0.833 bits per heavy atom. The van der Waals surface area contributed by atoms with Crippen molar-refractivity contribution in [1.29, 1.82) is 0 Å². The van der Waals surface area contributed by atoms with E-state index in [1.165, 1.54) is 38.4 Å². The molecule has 0 aliphatic carbocycles. The molecule has 1 amide bonds. The summed E-state index contributed by atoms with van der Waals surface area (Å²) in [4.78, 5) is 12.7. The molecule has 3 aromatic carbocycles. The molecule has 0 atom stereocenters. The molecule has 0 bridgehead atoms. The minimum absolute atomic E-state index is 0.00418. The molecule has 3 aromatic rings. The number of para-hydroxylation sites is 1. The number of rotatable bonds is 11. The first-order valence-corrected chi connectivity index (χ1v) is 13.8. The summed E-state index contributed by atoms with van der Waals surface area (Å²) in [5.74, 6) is 0.0390. The number of sulfonamides is 1. The third-order valence-corrected chi connectivity index (χ3v) is 8.15. The number of hydrogen-bond donors (Lipinski definition) is 2. The van der Waals surface area contributed by atoms with Gasteiger partial charge in [0.05, 0.1) is 17.2 Å². The number of carbonyl (C=O) groups is 1. The second kappa shape index (κ2) is 11.4. The highest BCUT2D eigenvalue weighted by Gasteiger charge is 2.27. The maximum atomic E-state index is 12.8. The molecule has 0 spiro atoms. The van der Waals surface area contributed by atoms with Crippen LogP contribution < -0.4 is 19.1 Å². The Morgan fingerprint density at radius 3 is 1.97 bits per heavy atom. The highest BCUT2D eigenvalue weighted by atomic mass is 32.2. The van der Waals surface area contributed by atoms with Crippen LogP contribution in [0.4, 0.5) is 17.1 Å². The molecule has 0 radical (unpaired) electrons. The number of benzene rings is 3. The molecule has 3 rings (SSSR count). The van der Waals surface area contributed by atoms with Gasteiger partial charge in [-0.25, -0.2) is 12.7 Å². The smallest absolute Gasteiger partial charge is 0.304 e. The SMILES string of the molecule is CCOc1ccc(NS(=O)(=O)c2ccc(NC(=O)CN(c3ccccc3)S(=O)(=O)N(C)C)cc2)cc1. The van der Waals surface area contributed by atoms with Crippen molar-refractivity contribution in [1.82, 2.24) is 4.31 Å². The molecule has 10 nitrogen and oxygen atoms in total. The minimum atomic E-state index is -3.93. The van der Waals surface area contributed by atoms with Crippen LogP contribution in [-0.2, 0) is 25.0 Å². The van der Waals surface area contributed by atoms with E-state index in [0.29, 0.717) is 29.4 Å². The zero-order chi connectivity index (χ0) is 26.3. The molecule has 12 heteroatoms. The molecule has 192 valence electrons. The normalized spacial score (nSPS) is 11.7. The molecule has 0 heterocycles. The monoisotopic (exact) mass is 532 g/mol. The summed E-state index contributed by atoms with van der Waals surface area (Å²) >= 11 is 0.